The van der Waals surface area contributed by atoms with Crippen LogP contribution in [0.2, 0.25) is 0 Å². The van der Waals surface area contributed by atoms with Crippen LogP contribution in [-0.2, 0) is 0 Å². The Hall–Kier alpha value is -2.63. The zero-order valence-electron chi connectivity index (χ0n) is 14.2. The average molecular weight is 328 g/mol. The minimum atomic E-state index is -0.269. The summed E-state index contributed by atoms with van der Waals surface area (Å²) >= 11 is 0. The van der Waals surface area contributed by atoms with Crippen LogP contribution in [0.1, 0.15) is 43.6 Å². The van der Waals surface area contributed by atoms with Crippen molar-refractivity contribution < 1.29 is 9.53 Å². The van der Waals surface area contributed by atoms with E-state index in [9.17, 15) is 4.79 Å². The van der Waals surface area contributed by atoms with E-state index in [0.29, 0.717) is 18.8 Å². The maximum atomic E-state index is 12.0. The van der Waals surface area contributed by atoms with Crippen LogP contribution in [0.15, 0.2) is 30.3 Å². The van der Waals surface area contributed by atoms with Crippen LogP contribution in [0.5, 0.6) is 5.75 Å². The molecule has 1 aromatic heterocycles. The van der Waals surface area contributed by atoms with Gasteiger partial charge in [0.1, 0.15) is 11.4 Å². The third kappa shape index (κ3) is 4.68. The van der Waals surface area contributed by atoms with Gasteiger partial charge in [0, 0.05) is 12.1 Å². The second kappa shape index (κ2) is 8.86. The SMILES string of the molecule is CCCCCOc1ccccc1-c1cc(C(=O)NCC)nc(N)n1. The number of para-hydroxylation sites is 1. The van der Waals surface area contributed by atoms with Gasteiger partial charge in [0.25, 0.3) is 5.91 Å². The highest BCUT2D eigenvalue weighted by Crippen LogP contribution is 2.29. The molecule has 1 amide bonds. The van der Waals surface area contributed by atoms with Crippen molar-refractivity contribution in [3.63, 3.8) is 0 Å². The van der Waals surface area contributed by atoms with Crippen molar-refractivity contribution in [3.8, 4) is 17.0 Å². The van der Waals surface area contributed by atoms with E-state index in [2.05, 4.69) is 22.2 Å². The van der Waals surface area contributed by atoms with Gasteiger partial charge in [-0.3, -0.25) is 4.79 Å². The Kier molecular flexibility index (Phi) is 6.54. The second-order valence-electron chi connectivity index (χ2n) is 5.41. The lowest BCUT2D eigenvalue weighted by atomic mass is 10.1. The molecule has 1 heterocycles. The van der Waals surface area contributed by atoms with Crippen molar-refractivity contribution in [2.75, 3.05) is 18.9 Å². The third-order valence-corrected chi connectivity index (χ3v) is 3.48. The summed E-state index contributed by atoms with van der Waals surface area (Å²) < 4.78 is 5.88. The first-order valence-electron chi connectivity index (χ1n) is 8.30. The summed E-state index contributed by atoms with van der Waals surface area (Å²) in [5.41, 5.74) is 7.41. The lowest BCUT2D eigenvalue weighted by Gasteiger charge is -2.12. The number of nitrogens with one attached hydrogen (secondary N) is 1. The Morgan fingerprint density at radius 2 is 2.00 bits per heavy atom. The number of ether oxygens (including phenoxy) is 1. The lowest BCUT2D eigenvalue weighted by molar-refractivity contribution is 0.0951. The van der Waals surface area contributed by atoms with Crippen molar-refractivity contribution in [2.24, 2.45) is 0 Å². The van der Waals surface area contributed by atoms with E-state index in [4.69, 9.17) is 10.5 Å². The molecule has 6 nitrogen and oxygen atoms in total. The minimum Gasteiger partial charge on any atom is -0.493 e. The van der Waals surface area contributed by atoms with Gasteiger partial charge in [0.15, 0.2) is 0 Å². The molecule has 0 bridgehead atoms. The van der Waals surface area contributed by atoms with Gasteiger partial charge in [0.05, 0.1) is 12.3 Å². The molecule has 0 atom stereocenters. The zero-order valence-corrected chi connectivity index (χ0v) is 14.2. The Balaban J connectivity index is 2.29. The normalized spacial score (nSPS) is 10.4. The summed E-state index contributed by atoms with van der Waals surface area (Å²) in [5.74, 6) is 0.525. The highest BCUT2D eigenvalue weighted by molar-refractivity contribution is 5.93. The number of hydrogen-bond donors (Lipinski definition) is 2. The van der Waals surface area contributed by atoms with Crippen LogP contribution in [0, 0.1) is 0 Å². The van der Waals surface area contributed by atoms with Gasteiger partial charge in [-0.05, 0) is 31.5 Å². The number of unbranched alkanes of at least 4 members (excludes halogenated alkanes) is 2. The Labute approximate surface area is 142 Å². The molecule has 0 aliphatic rings. The number of rotatable bonds is 8. The number of aromatic nitrogens is 2. The van der Waals surface area contributed by atoms with E-state index in [1.54, 1.807) is 6.07 Å². The van der Waals surface area contributed by atoms with E-state index < -0.39 is 0 Å². The molecule has 0 aliphatic carbocycles. The minimum absolute atomic E-state index is 0.0644. The van der Waals surface area contributed by atoms with E-state index in [1.165, 1.54) is 0 Å². The van der Waals surface area contributed by atoms with Crippen molar-refractivity contribution in [1.82, 2.24) is 15.3 Å². The Bertz CT molecular complexity index is 688. The molecule has 2 rings (SSSR count). The standard InChI is InChI=1S/C18H24N4O2/c1-3-5-8-11-24-16-10-7-6-9-13(16)14-12-15(17(23)20-4-2)22-18(19)21-14/h6-7,9-10,12H,3-5,8,11H2,1-2H3,(H,20,23)(H2,19,21,22). The number of amides is 1. The molecule has 0 fully saturated rings. The summed E-state index contributed by atoms with van der Waals surface area (Å²) in [6.07, 6.45) is 3.27. The number of nitrogen functional groups attached to an aromatic ring is 1. The summed E-state index contributed by atoms with van der Waals surface area (Å²) in [4.78, 5) is 20.3. The van der Waals surface area contributed by atoms with Crippen molar-refractivity contribution >= 4 is 11.9 Å². The third-order valence-electron chi connectivity index (χ3n) is 3.48. The molecule has 2 aromatic rings. The number of nitrogens with zero attached hydrogens (tertiary/aromatic N) is 2. The predicted octanol–water partition coefficient (Wildman–Crippen LogP) is 3.04. The van der Waals surface area contributed by atoms with Crippen LogP contribution < -0.4 is 15.8 Å². The molecule has 24 heavy (non-hydrogen) atoms. The molecule has 3 N–H and O–H groups in total. The molecular weight excluding hydrogens is 304 g/mol. The summed E-state index contributed by atoms with van der Waals surface area (Å²) in [7, 11) is 0. The number of carbonyl (C=O) groups is 1. The monoisotopic (exact) mass is 328 g/mol. The van der Waals surface area contributed by atoms with Gasteiger partial charge in [-0.1, -0.05) is 31.9 Å². The van der Waals surface area contributed by atoms with Gasteiger partial charge in [-0.2, -0.15) is 0 Å². The van der Waals surface area contributed by atoms with Crippen molar-refractivity contribution in [2.45, 2.75) is 33.1 Å². The molecule has 1 aromatic carbocycles. The molecule has 6 heteroatoms. The summed E-state index contributed by atoms with van der Waals surface area (Å²) in [5, 5.41) is 2.71. The molecule has 0 saturated carbocycles. The van der Waals surface area contributed by atoms with Gasteiger partial charge in [0.2, 0.25) is 5.95 Å². The maximum absolute atomic E-state index is 12.0. The molecule has 0 saturated heterocycles. The fourth-order valence-electron chi connectivity index (χ4n) is 2.31. The molecule has 0 spiro atoms. The molecule has 0 unspecified atom stereocenters. The number of hydrogen-bond acceptors (Lipinski definition) is 5. The van der Waals surface area contributed by atoms with Gasteiger partial charge >= 0.3 is 0 Å². The van der Waals surface area contributed by atoms with E-state index in [0.717, 1.165) is 30.6 Å². The van der Waals surface area contributed by atoms with Gasteiger partial charge < -0.3 is 15.8 Å². The van der Waals surface area contributed by atoms with Gasteiger partial charge in [-0.15, -0.1) is 0 Å². The lowest BCUT2D eigenvalue weighted by Crippen LogP contribution is -2.24. The van der Waals surface area contributed by atoms with Crippen molar-refractivity contribution in [1.29, 1.82) is 0 Å². The highest BCUT2D eigenvalue weighted by Gasteiger charge is 2.14. The van der Waals surface area contributed by atoms with Crippen LogP contribution in [0.3, 0.4) is 0 Å². The number of anilines is 1. The molecule has 128 valence electrons. The average Bonchev–Trinajstić information content (AvgIpc) is 2.59. The predicted molar refractivity (Wildman–Crippen MR) is 94.9 cm³/mol. The van der Waals surface area contributed by atoms with Gasteiger partial charge in [-0.25, -0.2) is 9.97 Å². The number of nitrogens with two attached hydrogens (primary N) is 1. The van der Waals surface area contributed by atoms with E-state index >= 15 is 0 Å². The molecule has 0 aliphatic heterocycles. The van der Waals surface area contributed by atoms with E-state index in [1.807, 2.05) is 31.2 Å². The van der Waals surface area contributed by atoms with Crippen LogP contribution in [0.25, 0.3) is 11.3 Å². The van der Waals surface area contributed by atoms with Crippen molar-refractivity contribution in [3.05, 3.63) is 36.0 Å². The quantitative estimate of drug-likeness (QED) is 0.727. The Morgan fingerprint density at radius 3 is 2.75 bits per heavy atom. The van der Waals surface area contributed by atoms with Crippen LogP contribution in [-0.4, -0.2) is 29.0 Å². The largest absolute Gasteiger partial charge is 0.493 e. The topological polar surface area (TPSA) is 90.1 Å². The second-order valence-corrected chi connectivity index (χ2v) is 5.41. The number of benzene rings is 1. The first kappa shape index (κ1) is 17.7. The highest BCUT2D eigenvalue weighted by atomic mass is 16.5. The van der Waals surface area contributed by atoms with Crippen LogP contribution in [0.4, 0.5) is 5.95 Å². The fraction of sp³-hybridized carbons (Fsp3) is 0.389. The van der Waals surface area contributed by atoms with E-state index in [-0.39, 0.29) is 17.5 Å². The molecular formula is C18H24N4O2. The Morgan fingerprint density at radius 1 is 1.21 bits per heavy atom. The summed E-state index contributed by atoms with van der Waals surface area (Å²) in [6.45, 7) is 5.17. The number of carbonyl (C=O) groups excluding carboxylic acids is 1. The molecule has 0 radical (unpaired) electrons. The smallest absolute Gasteiger partial charge is 0.270 e. The zero-order chi connectivity index (χ0) is 17.4. The maximum Gasteiger partial charge on any atom is 0.270 e. The summed E-state index contributed by atoms with van der Waals surface area (Å²) in [6, 6.07) is 9.24. The first-order valence-corrected chi connectivity index (χ1v) is 8.30. The fourth-order valence-corrected chi connectivity index (χ4v) is 2.31. The first-order chi connectivity index (χ1) is 11.7. The van der Waals surface area contributed by atoms with Crippen LogP contribution >= 0.6 is 0 Å².